The first kappa shape index (κ1) is 13.4. The topological polar surface area (TPSA) is 55.9 Å². The van der Waals surface area contributed by atoms with Crippen LogP contribution >= 0.6 is 0 Å². The van der Waals surface area contributed by atoms with E-state index in [1.165, 1.54) is 36.8 Å². The Hall–Kier alpha value is -1.62. The van der Waals surface area contributed by atoms with E-state index in [1.807, 2.05) is 6.92 Å². The highest BCUT2D eigenvalue weighted by molar-refractivity contribution is 5.29. The Morgan fingerprint density at radius 1 is 1.35 bits per heavy atom. The molecule has 0 aromatic carbocycles. The maximum absolute atomic E-state index is 5.46. The number of aromatic nitrogens is 3. The molecule has 2 heterocycles. The normalized spacial score (nSPS) is 18.8. The Morgan fingerprint density at radius 3 is 3.00 bits per heavy atom. The summed E-state index contributed by atoms with van der Waals surface area (Å²) in [6.45, 7) is 5.66. The van der Waals surface area contributed by atoms with Crippen LogP contribution in [0, 0.1) is 6.92 Å². The molecule has 0 aliphatic heterocycles. The Bertz CT molecular complexity index is 572. The van der Waals surface area contributed by atoms with Gasteiger partial charge in [0.25, 0.3) is 0 Å². The monoisotopic (exact) mass is 274 g/mol. The molecule has 0 saturated heterocycles. The highest BCUT2D eigenvalue weighted by Crippen LogP contribution is 2.29. The van der Waals surface area contributed by atoms with Gasteiger partial charge in [0.05, 0.1) is 0 Å². The Balaban J connectivity index is 1.82. The zero-order chi connectivity index (χ0) is 13.9. The van der Waals surface area contributed by atoms with Crippen LogP contribution in [0.15, 0.2) is 16.8 Å². The number of nitrogens with one attached hydrogen (secondary N) is 1. The lowest BCUT2D eigenvalue weighted by atomic mass is 10.0. The number of aryl methyl sites for hydroxylation is 2. The van der Waals surface area contributed by atoms with Gasteiger partial charge >= 0.3 is 0 Å². The second-order valence-corrected chi connectivity index (χ2v) is 5.48. The summed E-state index contributed by atoms with van der Waals surface area (Å²) in [5, 5.41) is 11.5. The lowest BCUT2D eigenvalue weighted by molar-refractivity contribution is 0.453. The molecular formula is C15H22N4O. The molecular weight excluding hydrogens is 252 g/mol. The van der Waals surface area contributed by atoms with Crippen LogP contribution in [0.3, 0.4) is 0 Å². The van der Waals surface area contributed by atoms with Crippen LogP contribution in [0.4, 0.5) is 0 Å². The van der Waals surface area contributed by atoms with Crippen molar-refractivity contribution in [2.24, 2.45) is 0 Å². The van der Waals surface area contributed by atoms with Crippen molar-refractivity contribution in [3.8, 4) is 0 Å². The van der Waals surface area contributed by atoms with Crippen molar-refractivity contribution < 1.29 is 4.42 Å². The summed E-state index contributed by atoms with van der Waals surface area (Å²) < 4.78 is 7.63. The molecule has 0 bridgehead atoms. The number of hydrogen-bond donors (Lipinski definition) is 1. The standard InChI is InChI=1S/C15H22N4O/c1-3-16-14-7-5-4-6-12-8-19(9-13(12)14)10-15-18-17-11(2)20-15/h8-9,14,16H,3-7,10H2,1-2H3. The first-order valence-electron chi connectivity index (χ1n) is 7.47. The average Bonchev–Trinajstić information content (AvgIpc) is 2.96. The lowest BCUT2D eigenvalue weighted by Crippen LogP contribution is -2.20. The molecule has 0 fully saturated rings. The van der Waals surface area contributed by atoms with Gasteiger partial charge < -0.3 is 14.3 Å². The molecule has 0 spiro atoms. The molecule has 3 rings (SSSR count). The van der Waals surface area contributed by atoms with E-state index in [0.29, 0.717) is 24.4 Å². The van der Waals surface area contributed by atoms with E-state index in [2.05, 4.69) is 39.4 Å². The van der Waals surface area contributed by atoms with E-state index in [1.54, 1.807) is 0 Å². The van der Waals surface area contributed by atoms with Crippen LogP contribution in [0.2, 0.25) is 0 Å². The molecule has 0 radical (unpaired) electrons. The highest BCUT2D eigenvalue weighted by Gasteiger charge is 2.20. The van der Waals surface area contributed by atoms with Crippen LogP contribution in [0.25, 0.3) is 0 Å². The number of fused-ring (bicyclic) bond motifs is 1. The second kappa shape index (κ2) is 5.79. The van der Waals surface area contributed by atoms with Gasteiger partial charge in [0, 0.05) is 25.4 Å². The summed E-state index contributed by atoms with van der Waals surface area (Å²) in [5.74, 6) is 1.30. The summed E-state index contributed by atoms with van der Waals surface area (Å²) in [7, 11) is 0. The van der Waals surface area contributed by atoms with E-state index in [-0.39, 0.29) is 0 Å². The van der Waals surface area contributed by atoms with Crippen molar-refractivity contribution in [2.75, 3.05) is 6.54 Å². The second-order valence-electron chi connectivity index (χ2n) is 5.48. The lowest BCUT2D eigenvalue weighted by Gasteiger charge is -2.15. The van der Waals surface area contributed by atoms with E-state index in [0.717, 1.165) is 6.54 Å². The highest BCUT2D eigenvalue weighted by atomic mass is 16.4. The first-order chi connectivity index (χ1) is 9.76. The molecule has 1 unspecified atom stereocenters. The van der Waals surface area contributed by atoms with Crippen molar-refractivity contribution in [3.63, 3.8) is 0 Å². The average molecular weight is 274 g/mol. The van der Waals surface area contributed by atoms with Crippen molar-refractivity contribution in [2.45, 2.75) is 52.1 Å². The third kappa shape index (κ3) is 2.77. The smallest absolute Gasteiger partial charge is 0.236 e. The van der Waals surface area contributed by atoms with Gasteiger partial charge in [-0.1, -0.05) is 13.3 Å². The summed E-state index contributed by atoms with van der Waals surface area (Å²) in [6.07, 6.45) is 9.46. The van der Waals surface area contributed by atoms with Crippen LogP contribution in [0.5, 0.6) is 0 Å². The van der Waals surface area contributed by atoms with Gasteiger partial charge in [-0.2, -0.15) is 0 Å². The molecule has 5 nitrogen and oxygen atoms in total. The fraction of sp³-hybridized carbons (Fsp3) is 0.600. The van der Waals surface area contributed by atoms with E-state index in [9.17, 15) is 0 Å². The van der Waals surface area contributed by atoms with Gasteiger partial charge in [-0.05, 0) is 36.9 Å². The molecule has 2 aromatic heterocycles. The Kier molecular flexibility index (Phi) is 3.87. The minimum atomic E-state index is 0.489. The van der Waals surface area contributed by atoms with Crippen molar-refractivity contribution in [3.05, 3.63) is 35.3 Å². The van der Waals surface area contributed by atoms with Crippen LogP contribution in [0.1, 0.15) is 55.1 Å². The Labute approximate surface area is 119 Å². The largest absolute Gasteiger partial charge is 0.424 e. The zero-order valence-electron chi connectivity index (χ0n) is 12.2. The minimum absolute atomic E-state index is 0.489. The molecule has 5 heteroatoms. The van der Waals surface area contributed by atoms with Crippen molar-refractivity contribution in [1.82, 2.24) is 20.1 Å². The zero-order valence-corrected chi connectivity index (χ0v) is 12.2. The SMILES string of the molecule is CCNC1CCCCc2cn(Cc3nnc(C)o3)cc21. The van der Waals surface area contributed by atoms with Crippen LogP contribution in [-0.2, 0) is 13.0 Å². The fourth-order valence-electron chi connectivity index (χ4n) is 3.02. The van der Waals surface area contributed by atoms with Gasteiger partial charge in [0.15, 0.2) is 0 Å². The van der Waals surface area contributed by atoms with E-state index >= 15 is 0 Å². The molecule has 108 valence electrons. The van der Waals surface area contributed by atoms with Gasteiger partial charge in [0.2, 0.25) is 11.8 Å². The Morgan fingerprint density at radius 2 is 2.25 bits per heavy atom. The molecule has 0 amide bonds. The van der Waals surface area contributed by atoms with E-state index in [4.69, 9.17) is 4.42 Å². The number of hydrogen-bond acceptors (Lipinski definition) is 4. The molecule has 1 aliphatic rings. The fourth-order valence-corrected chi connectivity index (χ4v) is 3.02. The summed E-state index contributed by atoms with van der Waals surface area (Å²) >= 11 is 0. The summed E-state index contributed by atoms with van der Waals surface area (Å²) in [6, 6.07) is 0.489. The number of rotatable bonds is 4. The number of nitrogens with zero attached hydrogens (tertiary/aromatic N) is 3. The summed E-state index contributed by atoms with van der Waals surface area (Å²) in [4.78, 5) is 0. The van der Waals surface area contributed by atoms with E-state index < -0.39 is 0 Å². The molecule has 1 aliphatic carbocycles. The summed E-state index contributed by atoms with van der Waals surface area (Å²) in [5.41, 5.74) is 2.91. The third-order valence-corrected chi connectivity index (χ3v) is 3.90. The van der Waals surface area contributed by atoms with Crippen LogP contribution < -0.4 is 5.32 Å². The maximum Gasteiger partial charge on any atom is 0.236 e. The minimum Gasteiger partial charge on any atom is -0.424 e. The third-order valence-electron chi connectivity index (χ3n) is 3.90. The quantitative estimate of drug-likeness (QED) is 0.871. The maximum atomic E-state index is 5.46. The van der Waals surface area contributed by atoms with Crippen LogP contribution in [-0.4, -0.2) is 21.3 Å². The van der Waals surface area contributed by atoms with Gasteiger partial charge in [-0.15, -0.1) is 10.2 Å². The van der Waals surface area contributed by atoms with Gasteiger partial charge in [-0.3, -0.25) is 0 Å². The molecule has 20 heavy (non-hydrogen) atoms. The van der Waals surface area contributed by atoms with Crippen molar-refractivity contribution in [1.29, 1.82) is 0 Å². The predicted molar refractivity (Wildman–Crippen MR) is 76.5 cm³/mol. The molecule has 2 aromatic rings. The van der Waals surface area contributed by atoms with Gasteiger partial charge in [0.1, 0.15) is 6.54 Å². The van der Waals surface area contributed by atoms with Crippen molar-refractivity contribution >= 4 is 0 Å². The first-order valence-corrected chi connectivity index (χ1v) is 7.47. The predicted octanol–water partition coefficient (Wildman–Crippen LogP) is 2.60. The van der Waals surface area contributed by atoms with Gasteiger partial charge in [-0.25, -0.2) is 0 Å². The molecule has 1 atom stereocenters. The molecule has 1 N–H and O–H groups in total. The molecule has 0 saturated carbocycles.